The number of aromatic nitrogens is 2. The molecule has 164 valence electrons. The van der Waals surface area contributed by atoms with Gasteiger partial charge in [-0.3, -0.25) is 13.9 Å². The maximum absolute atomic E-state index is 13.2. The zero-order valence-electron chi connectivity index (χ0n) is 18.3. The highest BCUT2D eigenvalue weighted by Crippen LogP contribution is 2.37. The van der Waals surface area contributed by atoms with Gasteiger partial charge in [0.05, 0.1) is 31.3 Å². The summed E-state index contributed by atoms with van der Waals surface area (Å²) in [5, 5.41) is 0. The van der Waals surface area contributed by atoms with Crippen molar-refractivity contribution in [2.24, 2.45) is 0 Å². The Hall–Kier alpha value is -3.22. The number of nitrogens with zero attached hydrogens (tertiary/aromatic N) is 3. The summed E-state index contributed by atoms with van der Waals surface area (Å²) in [6.45, 7) is 3.67. The van der Waals surface area contributed by atoms with Gasteiger partial charge in [-0.25, -0.2) is 4.79 Å². The quantitative estimate of drug-likeness (QED) is 0.583. The van der Waals surface area contributed by atoms with Crippen molar-refractivity contribution >= 4 is 16.9 Å². The van der Waals surface area contributed by atoms with Crippen LogP contribution in [0.5, 0.6) is 11.5 Å². The lowest BCUT2D eigenvalue weighted by atomic mass is 10.0. The fraction of sp³-hybridized carbons (Fsp3) is 0.417. The second-order valence-electron chi connectivity index (χ2n) is 7.78. The molecule has 1 aliphatic heterocycles. The fourth-order valence-electron chi connectivity index (χ4n) is 4.62. The van der Waals surface area contributed by atoms with Crippen molar-refractivity contribution in [3.63, 3.8) is 0 Å². The molecular formula is C24H29N3O4. The lowest BCUT2D eigenvalue weighted by molar-refractivity contribution is -0.132. The van der Waals surface area contributed by atoms with Crippen molar-refractivity contribution in [2.75, 3.05) is 20.8 Å². The summed E-state index contributed by atoms with van der Waals surface area (Å²) in [6, 6.07) is 13.6. The molecule has 1 aromatic heterocycles. The van der Waals surface area contributed by atoms with Crippen molar-refractivity contribution in [1.82, 2.24) is 14.0 Å². The Morgan fingerprint density at radius 1 is 1.03 bits per heavy atom. The summed E-state index contributed by atoms with van der Waals surface area (Å²) in [5.41, 5.74) is 2.77. The van der Waals surface area contributed by atoms with Gasteiger partial charge in [-0.1, -0.05) is 18.2 Å². The average Bonchev–Trinajstić information content (AvgIpc) is 3.39. The van der Waals surface area contributed by atoms with E-state index in [0.29, 0.717) is 31.0 Å². The van der Waals surface area contributed by atoms with E-state index in [4.69, 9.17) is 9.47 Å². The number of ether oxygens (including phenoxy) is 2. The van der Waals surface area contributed by atoms with Crippen molar-refractivity contribution < 1.29 is 14.3 Å². The van der Waals surface area contributed by atoms with Crippen LogP contribution < -0.4 is 15.2 Å². The van der Waals surface area contributed by atoms with Crippen molar-refractivity contribution in [1.29, 1.82) is 0 Å². The van der Waals surface area contributed by atoms with E-state index in [1.807, 2.05) is 54.3 Å². The summed E-state index contributed by atoms with van der Waals surface area (Å²) >= 11 is 0. The van der Waals surface area contributed by atoms with Gasteiger partial charge in [-0.15, -0.1) is 0 Å². The van der Waals surface area contributed by atoms with Crippen LogP contribution in [0.25, 0.3) is 11.0 Å². The first-order chi connectivity index (χ1) is 15.1. The molecule has 1 aliphatic rings. The van der Waals surface area contributed by atoms with E-state index in [-0.39, 0.29) is 17.6 Å². The number of hydrogen-bond donors (Lipinski definition) is 0. The molecule has 0 bridgehead atoms. The molecule has 0 spiro atoms. The third-order valence-corrected chi connectivity index (χ3v) is 6.16. The van der Waals surface area contributed by atoms with E-state index in [1.54, 1.807) is 23.4 Å². The molecule has 7 nitrogen and oxygen atoms in total. The van der Waals surface area contributed by atoms with Crippen LogP contribution in [0.4, 0.5) is 0 Å². The predicted molar refractivity (Wildman–Crippen MR) is 120 cm³/mol. The molecule has 1 fully saturated rings. The molecule has 4 rings (SSSR count). The third kappa shape index (κ3) is 3.80. The summed E-state index contributed by atoms with van der Waals surface area (Å²) < 4.78 is 14.2. The number of para-hydroxylation sites is 2. The van der Waals surface area contributed by atoms with Crippen LogP contribution in [-0.2, 0) is 17.9 Å². The second-order valence-corrected chi connectivity index (χ2v) is 7.78. The molecule has 0 saturated carbocycles. The maximum atomic E-state index is 13.2. The highest BCUT2D eigenvalue weighted by Gasteiger charge is 2.30. The first kappa shape index (κ1) is 21.0. The van der Waals surface area contributed by atoms with E-state index < -0.39 is 0 Å². The van der Waals surface area contributed by atoms with E-state index in [1.165, 1.54) is 0 Å². The van der Waals surface area contributed by atoms with E-state index in [2.05, 4.69) is 0 Å². The molecule has 2 heterocycles. The number of imidazole rings is 1. The van der Waals surface area contributed by atoms with Gasteiger partial charge in [0.2, 0.25) is 5.91 Å². The Balaban J connectivity index is 1.54. The van der Waals surface area contributed by atoms with Crippen LogP contribution in [0.3, 0.4) is 0 Å². The smallest absolute Gasteiger partial charge is 0.329 e. The maximum Gasteiger partial charge on any atom is 0.329 e. The van der Waals surface area contributed by atoms with E-state index in [0.717, 1.165) is 36.0 Å². The van der Waals surface area contributed by atoms with Gasteiger partial charge in [0.15, 0.2) is 11.5 Å². The number of fused-ring (bicyclic) bond motifs is 1. The molecular weight excluding hydrogens is 394 g/mol. The lowest BCUT2D eigenvalue weighted by Gasteiger charge is -2.26. The minimum atomic E-state index is -0.0608. The highest BCUT2D eigenvalue weighted by atomic mass is 16.5. The van der Waals surface area contributed by atoms with Crippen LogP contribution in [-0.4, -0.2) is 40.7 Å². The van der Waals surface area contributed by atoms with E-state index >= 15 is 0 Å². The summed E-state index contributed by atoms with van der Waals surface area (Å²) in [7, 11) is 3.23. The number of hydrogen-bond acceptors (Lipinski definition) is 4. The first-order valence-corrected chi connectivity index (χ1v) is 10.8. The number of rotatable bonds is 7. The van der Waals surface area contributed by atoms with Crippen LogP contribution >= 0.6 is 0 Å². The molecule has 0 radical (unpaired) electrons. The zero-order chi connectivity index (χ0) is 22.0. The van der Waals surface area contributed by atoms with Crippen LogP contribution in [0.15, 0.2) is 47.3 Å². The first-order valence-electron chi connectivity index (χ1n) is 10.8. The molecule has 0 unspecified atom stereocenters. The minimum absolute atomic E-state index is 0.0148. The second kappa shape index (κ2) is 8.88. The normalized spacial score (nSPS) is 16.1. The molecule has 31 heavy (non-hydrogen) atoms. The largest absolute Gasteiger partial charge is 0.493 e. The van der Waals surface area contributed by atoms with Gasteiger partial charge >= 0.3 is 5.69 Å². The van der Waals surface area contributed by atoms with Crippen molar-refractivity contribution in [3.05, 3.63) is 58.5 Å². The lowest BCUT2D eigenvalue weighted by Crippen LogP contribution is -2.32. The number of amides is 1. The number of carbonyl (C=O) groups excluding carboxylic acids is 1. The molecule has 1 saturated heterocycles. The standard InChI is InChI=1S/C24H29N3O4/c1-4-25-19-8-5-6-9-20(19)27(24(25)29)15-13-23(28)26-14-7-10-18(26)17-11-12-21(30-2)22(16-17)31-3/h5-6,8-9,11-12,16,18H,4,7,10,13-15H2,1-3H3/t18-/m0/s1. The Labute approximate surface area is 181 Å². The van der Waals surface area contributed by atoms with Crippen molar-refractivity contribution in [2.45, 2.75) is 45.3 Å². The molecule has 7 heteroatoms. The van der Waals surface area contributed by atoms with Gasteiger partial charge in [0.25, 0.3) is 0 Å². The molecule has 1 atom stereocenters. The molecule has 0 N–H and O–H groups in total. The third-order valence-electron chi connectivity index (χ3n) is 6.16. The predicted octanol–water partition coefficient (Wildman–Crippen LogP) is 3.59. The Bertz CT molecular complexity index is 1150. The Morgan fingerprint density at radius 3 is 2.42 bits per heavy atom. The SMILES string of the molecule is CCn1c(=O)n(CCC(=O)N2CCC[C@H]2c2ccc(OC)c(OC)c2)c2ccccc21. The Kier molecular flexibility index (Phi) is 6.02. The number of methoxy groups -OCH3 is 2. The molecule has 3 aromatic rings. The number of aryl methyl sites for hydroxylation is 2. The zero-order valence-corrected chi connectivity index (χ0v) is 18.3. The summed E-state index contributed by atoms with van der Waals surface area (Å²) in [6.07, 6.45) is 2.16. The molecule has 0 aliphatic carbocycles. The number of benzene rings is 2. The van der Waals surface area contributed by atoms with Crippen molar-refractivity contribution in [3.8, 4) is 11.5 Å². The van der Waals surface area contributed by atoms with E-state index in [9.17, 15) is 9.59 Å². The van der Waals surface area contributed by atoms with Gasteiger partial charge < -0.3 is 14.4 Å². The van der Waals surface area contributed by atoms with Gasteiger partial charge in [0.1, 0.15) is 0 Å². The Morgan fingerprint density at radius 2 is 1.74 bits per heavy atom. The van der Waals surface area contributed by atoms with Crippen LogP contribution in [0.2, 0.25) is 0 Å². The molecule has 2 aromatic carbocycles. The number of carbonyl (C=O) groups is 1. The summed E-state index contributed by atoms with van der Waals surface area (Å²) in [5.74, 6) is 1.41. The minimum Gasteiger partial charge on any atom is -0.493 e. The van der Waals surface area contributed by atoms with Crippen LogP contribution in [0, 0.1) is 0 Å². The highest BCUT2D eigenvalue weighted by molar-refractivity contribution is 5.78. The summed E-state index contributed by atoms with van der Waals surface area (Å²) in [4.78, 5) is 27.9. The number of likely N-dealkylation sites (tertiary alicyclic amines) is 1. The molecule has 1 amide bonds. The monoisotopic (exact) mass is 423 g/mol. The van der Waals surface area contributed by atoms with Gasteiger partial charge in [-0.05, 0) is 49.6 Å². The fourth-order valence-corrected chi connectivity index (χ4v) is 4.62. The average molecular weight is 424 g/mol. The topological polar surface area (TPSA) is 65.7 Å². The van der Waals surface area contributed by atoms with Crippen LogP contribution in [0.1, 0.15) is 37.8 Å². The van der Waals surface area contributed by atoms with Gasteiger partial charge in [-0.2, -0.15) is 0 Å². The van der Waals surface area contributed by atoms with Gasteiger partial charge in [0, 0.05) is 26.1 Å².